The lowest BCUT2D eigenvalue weighted by molar-refractivity contribution is 0.301. The fourth-order valence-electron chi connectivity index (χ4n) is 2.27. The van der Waals surface area contributed by atoms with Gasteiger partial charge in [0, 0.05) is 12.8 Å². The molecule has 19 heavy (non-hydrogen) atoms. The zero-order valence-electron chi connectivity index (χ0n) is 10.7. The Morgan fingerprint density at radius 1 is 1.00 bits per heavy atom. The van der Waals surface area contributed by atoms with Crippen molar-refractivity contribution in [2.24, 2.45) is 0 Å². The average Bonchev–Trinajstić information content (AvgIpc) is 3.28. The van der Waals surface area contributed by atoms with Gasteiger partial charge in [-0.25, -0.2) is 6.57 Å². The molecule has 2 heteroatoms. The van der Waals surface area contributed by atoms with Crippen LogP contribution in [0.2, 0.25) is 0 Å². The highest BCUT2D eigenvalue weighted by molar-refractivity contribution is 5.45. The molecule has 0 amide bonds. The van der Waals surface area contributed by atoms with Crippen LogP contribution in [0.3, 0.4) is 0 Å². The number of hydrogen-bond acceptors (Lipinski definition) is 1. The van der Waals surface area contributed by atoms with Crippen LogP contribution in [0.15, 0.2) is 54.6 Å². The second-order valence-corrected chi connectivity index (χ2v) is 4.91. The summed E-state index contributed by atoms with van der Waals surface area (Å²) in [4.78, 5) is 3.79. The summed E-state index contributed by atoms with van der Waals surface area (Å²) in [6.45, 7) is 7.92. The van der Waals surface area contributed by atoms with Crippen molar-refractivity contribution in [3.63, 3.8) is 0 Å². The number of ether oxygens (including phenoxy) is 1. The van der Waals surface area contributed by atoms with E-state index >= 15 is 0 Å². The molecule has 1 saturated carbocycles. The first-order valence-electron chi connectivity index (χ1n) is 6.49. The minimum atomic E-state index is -0.312. The lowest BCUT2D eigenvalue weighted by atomic mass is 10.0. The van der Waals surface area contributed by atoms with E-state index in [4.69, 9.17) is 11.3 Å². The third-order valence-electron chi connectivity index (χ3n) is 3.56. The normalized spacial score (nSPS) is 15.5. The van der Waals surface area contributed by atoms with E-state index in [-0.39, 0.29) is 5.54 Å². The van der Waals surface area contributed by atoms with Crippen LogP contribution in [-0.4, -0.2) is 0 Å². The fourth-order valence-corrected chi connectivity index (χ4v) is 2.27. The Labute approximate surface area is 113 Å². The maximum atomic E-state index is 7.37. The molecule has 2 nitrogen and oxygen atoms in total. The largest absolute Gasteiger partial charge is 0.488 e. The Morgan fingerprint density at radius 3 is 2.37 bits per heavy atom. The van der Waals surface area contributed by atoms with Gasteiger partial charge in [-0.3, -0.25) is 0 Å². The quantitative estimate of drug-likeness (QED) is 0.741. The van der Waals surface area contributed by atoms with Crippen LogP contribution >= 0.6 is 0 Å². The molecule has 2 aromatic rings. The zero-order chi connectivity index (χ0) is 13.1. The minimum absolute atomic E-state index is 0.312. The third kappa shape index (κ3) is 2.32. The van der Waals surface area contributed by atoms with Crippen molar-refractivity contribution in [2.45, 2.75) is 25.0 Å². The predicted octanol–water partition coefficient (Wildman–Crippen LogP) is 4.17. The second kappa shape index (κ2) is 4.78. The van der Waals surface area contributed by atoms with Crippen molar-refractivity contribution in [2.75, 3.05) is 0 Å². The molecule has 0 saturated heterocycles. The lowest BCUT2D eigenvalue weighted by Crippen LogP contribution is -2.05. The van der Waals surface area contributed by atoms with Crippen LogP contribution in [0.5, 0.6) is 5.75 Å². The van der Waals surface area contributed by atoms with Gasteiger partial charge in [0.1, 0.15) is 12.4 Å². The van der Waals surface area contributed by atoms with Crippen molar-refractivity contribution in [1.82, 2.24) is 0 Å². The topological polar surface area (TPSA) is 13.6 Å². The smallest absolute Gasteiger partial charge is 0.261 e. The van der Waals surface area contributed by atoms with E-state index in [0.717, 1.165) is 29.7 Å². The fraction of sp³-hybridized carbons (Fsp3) is 0.235. The molecule has 0 heterocycles. The Hall–Kier alpha value is -2.27. The summed E-state index contributed by atoms with van der Waals surface area (Å²) in [5.74, 6) is 0.847. The highest BCUT2D eigenvalue weighted by atomic mass is 16.5. The van der Waals surface area contributed by atoms with Gasteiger partial charge in [-0.1, -0.05) is 42.5 Å². The molecule has 0 aromatic heterocycles. The maximum absolute atomic E-state index is 7.37. The molecule has 0 bridgehead atoms. The first-order chi connectivity index (χ1) is 9.34. The van der Waals surface area contributed by atoms with E-state index < -0.39 is 0 Å². The standard InChI is InChI=1S/C17H15NO/c1-18-17(11-12-17)15-9-5-6-10-16(15)19-13-14-7-3-2-4-8-14/h2-10H,11-13H2. The number of benzene rings is 2. The molecule has 0 aliphatic heterocycles. The van der Waals surface area contributed by atoms with Crippen LogP contribution in [0.4, 0.5) is 0 Å². The molecule has 0 radical (unpaired) electrons. The molecular weight excluding hydrogens is 234 g/mol. The molecule has 2 aromatic carbocycles. The van der Waals surface area contributed by atoms with E-state index in [1.807, 2.05) is 54.6 Å². The summed E-state index contributed by atoms with van der Waals surface area (Å²) in [5.41, 5.74) is 1.87. The van der Waals surface area contributed by atoms with E-state index in [2.05, 4.69) is 4.85 Å². The molecule has 1 fully saturated rings. The van der Waals surface area contributed by atoms with Crippen molar-refractivity contribution in [3.05, 3.63) is 77.1 Å². The summed E-state index contributed by atoms with van der Waals surface area (Å²) >= 11 is 0. The van der Waals surface area contributed by atoms with Gasteiger partial charge < -0.3 is 9.58 Å². The summed E-state index contributed by atoms with van der Waals surface area (Å²) in [7, 11) is 0. The van der Waals surface area contributed by atoms with E-state index in [1.54, 1.807) is 0 Å². The molecule has 0 atom stereocenters. The highest BCUT2D eigenvalue weighted by Gasteiger charge is 2.54. The highest BCUT2D eigenvalue weighted by Crippen LogP contribution is 2.52. The van der Waals surface area contributed by atoms with Crippen LogP contribution in [0.1, 0.15) is 24.0 Å². The first-order valence-corrected chi connectivity index (χ1v) is 6.49. The van der Waals surface area contributed by atoms with Crippen molar-refractivity contribution >= 4 is 0 Å². The van der Waals surface area contributed by atoms with Crippen LogP contribution in [0, 0.1) is 6.57 Å². The average molecular weight is 249 g/mol. The Morgan fingerprint density at radius 2 is 1.68 bits per heavy atom. The predicted molar refractivity (Wildman–Crippen MR) is 74.7 cm³/mol. The third-order valence-corrected chi connectivity index (χ3v) is 3.56. The number of para-hydroxylation sites is 1. The van der Waals surface area contributed by atoms with Gasteiger partial charge in [0.15, 0.2) is 0 Å². The van der Waals surface area contributed by atoms with Gasteiger partial charge >= 0.3 is 0 Å². The SMILES string of the molecule is [C-]#[N+]C1(c2ccccc2OCc2ccccc2)CC1. The molecule has 1 aliphatic carbocycles. The molecule has 3 rings (SSSR count). The Bertz CT molecular complexity index is 609. The van der Waals surface area contributed by atoms with Crippen LogP contribution in [-0.2, 0) is 12.1 Å². The summed E-state index contributed by atoms with van der Waals surface area (Å²) in [6.07, 6.45) is 1.89. The Kier molecular flexibility index (Phi) is 2.97. The van der Waals surface area contributed by atoms with Gasteiger partial charge in [-0.15, -0.1) is 0 Å². The second-order valence-electron chi connectivity index (χ2n) is 4.91. The number of hydrogen-bond donors (Lipinski definition) is 0. The monoisotopic (exact) mass is 249 g/mol. The molecule has 0 spiro atoms. The van der Waals surface area contributed by atoms with E-state index in [9.17, 15) is 0 Å². The van der Waals surface area contributed by atoms with Gasteiger partial charge in [0.2, 0.25) is 0 Å². The number of rotatable bonds is 4. The Balaban J connectivity index is 1.81. The maximum Gasteiger partial charge on any atom is 0.261 e. The van der Waals surface area contributed by atoms with Crippen molar-refractivity contribution in [3.8, 4) is 5.75 Å². The summed E-state index contributed by atoms with van der Waals surface area (Å²) < 4.78 is 5.91. The van der Waals surface area contributed by atoms with E-state index in [1.165, 1.54) is 0 Å². The first kappa shape index (κ1) is 11.8. The van der Waals surface area contributed by atoms with E-state index in [0.29, 0.717) is 6.61 Å². The molecule has 1 aliphatic rings. The molecule has 0 unspecified atom stereocenters. The van der Waals surface area contributed by atoms with Crippen molar-refractivity contribution < 1.29 is 4.74 Å². The van der Waals surface area contributed by atoms with Gasteiger partial charge in [0.25, 0.3) is 5.54 Å². The lowest BCUT2D eigenvalue weighted by Gasteiger charge is -2.12. The zero-order valence-corrected chi connectivity index (χ0v) is 10.7. The summed E-state index contributed by atoms with van der Waals surface area (Å²) in [5, 5.41) is 0. The van der Waals surface area contributed by atoms with Gasteiger partial charge in [-0.05, 0) is 17.7 Å². The minimum Gasteiger partial charge on any atom is -0.488 e. The number of nitrogens with zero attached hydrogens (tertiary/aromatic N) is 1. The molecular formula is C17H15NO. The molecule has 0 N–H and O–H groups in total. The van der Waals surface area contributed by atoms with Crippen LogP contribution < -0.4 is 4.74 Å². The molecule has 94 valence electrons. The summed E-state index contributed by atoms with van der Waals surface area (Å²) in [6, 6.07) is 18.0. The van der Waals surface area contributed by atoms with Gasteiger partial charge in [0.05, 0.1) is 5.56 Å². The van der Waals surface area contributed by atoms with Crippen molar-refractivity contribution in [1.29, 1.82) is 0 Å². The van der Waals surface area contributed by atoms with Crippen LogP contribution in [0.25, 0.3) is 4.85 Å². The van der Waals surface area contributed by atoms with Gasteiger partial charge in [-0.2, -0.15) is 0 Å².